The number of pyridine rings is 1. The maximum absolute atomic E-state index is 13.0. The number of ether oxygens (including phenoxy) is 2. The van der Waals surface area contributed by atoms with Gasteiger partial charge in [0.25, 0.3) is 0 Å². The van der Waals surface area contributed by atoms with Crippen molar-refractivity contribution in [2.75, 3.05) is 19.5 Å². The molecule has 38 heavy (non-hydrogen) atoms. The van der Waals surface area contributed by atoms with Crippen LogP contribution in [0.3, 0.4) is 0 Å². The second-order valence-corrected chi connectivity index (χ2v) is 10.2. The second kappa shape index (κ2) is 11.8. The van der Waals surface area contributed by atoms with Crippen LogP contribution >= 0.6 is 11.8 Å². The van der Waals surface area contributed by atoms with Gasteiger partial charge in [0.15, 0.2) is 11.5 Å². The fourth-order valence-electron chi connectivity index (χ4n) is 3.92. The Morgan fingerprint density at radius 3 is 2.11 bits per heavy atom. The number of thioether (sulfide) groups is 1. The Hall–Kier alpha value is -4.28. The summed E-state index contributed by atoms with van der Waals surface area (Å²) in [7, 11) is 3.16. The SMILES string of the molecule is COc1ccc(-c2cc(-c3ccc(C)cc3)nc(S[C@@H](C)C(=O)Nc3ccc(C)cc3)c2C#N)cc1OC. The number of nitrogens with one attached hydrogen (secondary N) is 1. The molecule has 6 nitrogen and oxygen atoms in total. The molecule has 0 saturated carbocycles. The molecule has 0 aliphatic rings. The Labute approximate surface area is 227 Å². The zero-order valence-electron chi connectivity index (χ0n) is 22.0. The molecule has 0 aliphatic carbocycles. The highest BCUT2D eigenvalue weighted by Gasteiger charge is 2.22. The van der Waals surface area contributed by atoms with Gasteiger partial charge < -0.3 is 14.8 Å². The monoisotopic (exact) mass is 523 g/mol. The number of nitriles is 1. The lowest BCUT2D eigenvalue weighted by atomic mass is 9.98. The lowest BCUT2D eigenvalue weighted by molar-refractivity contribution is -0.115. The van der Waals surface area contributed by atoms with Crippen molar-refractivity contribution >= 4 is 23.4 Å². The zero-order valence-corrected chi connectivity index (χ0v) is 22.8. The summed E-state index contributed by atoms with van der Waals surface area (Å²) in [4.78, 5) is 17.9. The predicted molar refractivity (Wildman–Crippen MR) is 153 cm³/mol. The molecular formula is C31H29N3O3S. The van der Waals surface area contributed by atoms with Gasteiger partial charge in [0.2, 0.25) is 5.91 Å². The van der Waals surface area contributed by atoms with Crippen LogP contribution in [0.1, 0.15) is 23.6 Å². The van der Waals surface area contributed by atoms with E-state index in [1.54, 1.807) is 14.2 Å². The third-order valence-corrected chi connectivity index (χ3v) is 7.20. The lowest BCUT2D eigenvalue weighted by Crippen LogP contribution is -2.22. The van der Waals surface area contributed by atoms with E-state index in [1.165, 1.54) is 11.8 Å². The van der Waals surface area contributed by atoms with Crippen molar-refractivity contribution in [3.8, 4) is 40.0 Å². The number of hydrogen-bond acceptors (Lipinski definition) is 6. The molecule has 7 heteroatoms. The van der Waals surface area contributed by atoms with Gasteiger partial charge >= 0.3 is 0 Å². The molecule has 4 aromatic rings. The van der Waals surface area contributed by atoms with Crippen LogP contribution in [0.15, 0.2) is 77.8 Å². The highest BCUT2D eigenvalue weighted by molar-refractivity contribution is 8.00. The molecule has 0 radical (unpaired) electrons. The highest BCUT2D eigenvalue weighted by atomic mass is 32.2. The van der Waals surface area contributed by atoms with E-state index in [9.17, 15) is 10.1 Å². The van der Waals surface area contributed by atoms with E-state index >= 15 is 0 Å². The molecule has 4 rings (SSSR count). The number of nitrogens with zero attached hydrogens (tertiary/aromatic N) is 2. The van der Waals surface area contributed by atoms with Gasteiger partial charge in [-0.15, -0.1) is 0 Å². The van der Waals surface area contributed by atoms with Crippen molar-refractivity contribution in [1.82, 2.24) is 4.98 Å². The first-order valence-corrected chi connectivity index (χ1v) is 13.0. The lowest BCUT2D eigenvalue weighted by Gasteiger charge is -2.17. The zero-order chi connectivity index (χ0) is 27.2. The van der Waals surface area contributed by atoms with Gasteiger partial charge in [0, 0.05) is 16.8 Å². The minimum atomic E-state index is -0.498. The second-order valence-electron chi connectivity index (χ2n) is 8.90. The number of benzene rings is 3. The number of methoxy groups -OCH3 is 2. The first-order valence-electron chi connectivity index (χ1n) is 12.1. The molecule has 3 aromatic carbocycles. The molecule has 1 atom stereocenters. The number of anilines is 1. The van der Waals surface area contributed by atoms with Crippen LogP contribution in [0.5, 0.6) is 11.5 Å². The van der Waals surface area contributed by atoms with Crippen molar-refractivity contribution in [3.63, 3.8) is 0 Å². The van der Waals surface area contributed by atoms with Crippen LogP contribution in [0, 0.1) is 25.2 Å². The number of rotatable bonds is 8. The summed E-state index contributed by atoms with van der Waals surface area (Å²) < 4.78 is 10.9. The van der Waals surface area contributed by atoms with Crippen molar-refractivity contribution in [3.05, 3.63) is 89.5 Å². The number of amides is 1. The number of hydrogen-bond donors (Lipinski definition) is 1. The van der Waals surface area contributed by atoms with Crippen molar-refractivity contribution < 1.29 is 14.3 Å². The molecule has 0 saturated heterocycles. The first kappa shape index (κ1) is 26.8. The Morgan fingerprint density at radius 1 is 0.895 bits per heavy atom. The summed E-state index contributed by atoms with van der Waals surface area (Å²) in [5, 5.41) is 13.2. The summed E-state index contributed by atoms with van der Waals surface area (Å²) >= 11 is 1.26. The van der Waals surface area contributed by atoms with Gasteiger partial charge in [-0.3, -0.25) is 4.79 Å². The van der Waals surface area contributed by atoms with E-state index in [-0.39, 0.29) is 5.91 Å². The van der Waals surface area contributed by atoms with Crippen molar-refractivity contribution in [1.29, 1.82) is 5.26 Å². The molecule has 0 spiro atoms. The van der Waals surface area contributed by atoms with Gasteiger partial charge in [0.05, 0.1) is 30.7 Å². The molecule has 1 aromatic heterocycles. The standard InChI is InChI=1S/C31H29N3O3S/c1-19-6-10-22(11-7-19)27-17-25(23-12-15-28(36-4)29(16-23)37-5)26(18-32)31(34-27)38-21(3)30(35)33-24-13-8-20(2)9-14-24/h6-17,21H,1-5H3,(H,33,35)/t21-/m0/s1. The van der Waals surface area contributed by atoms with E-state index in [2.05, 4.69) is 11.4 Å². The molecule has 0 aliphatic heterocycles. The van der Waals surface area contributed by atoms with E-state index in [1.807, 2.05) is 93.6 Å². The fraction of sp³-hybridized carbons (Fsp3) is 0.194. The Bertz CT molecular complexity index is 1490. The fourth-order valence-corrected chi connectivity index (χ4v) is 4.85. The summed E-state index contributed by atoms with van der Waals surface area (Å²) in [5.41, 5.74) is 6.49. The van der Waals surface area contributed by atoms with Gasteiger partial charge in [-0.05, 0) is 56.7 Å². The average molecular weight is 524 g/mol. The summed E-state index contributed by atoms with van der Waals surface area (Å²) in [5.74, 6) is 0.985. The predicted octanol–water partition coefficient (Wildman–Crippen LogP) is 7.04. The number of aromatic nitrogens is 1. The number of carbonyl (C=O) groups excluding carboxylic acids is 1. The van der Waals surface area contributed by atoms with E-state index in [4.69, 9.17) is 14.5 Å². The maximum Gasteiger partial charge on any atom is 0.237 e. The normalized spacial score (nSPS) is 11.4. The first-order chi connectivity index (χ1) is 18.3. The molecule has 0 fully saturated rings. The average Bonchev–Trinajstić information content (AvgIpc) is 2.93. The van der Waals surface area contributed by atoms with Crippen molar-refractivity contribution in [2.45, 2.75) is 31.0 Å². The maximum atomic E-state index is 13.0. The molecule has 0 bridgehead atoms. The van der Waals surface area contributed by atoms with Gasteiger partial charge in [-0.1, -0.05) is 65.4 Å². The smallest absolute Gasteiger partial charge is 0.237 e. The number of aryl methyl sites for hydroxylation is 2. The van der Waals surface area contributed by atoms with E-state index in [0.717, 1.165) is 27.9 Å². The van der Waals surface area contributed by atoms with Crippen molar-refractivity contribution in [2.24, 2.45) is 0 Å². The topological polar surface area (TPSA) is 84.2 Å². The molecule has 1 N–H and O–H groups in total. The van der Waals surface area contributed by atoms with Crippen LogP contribution in [0.2, 0.25) is 0 Å². The van der Waals surface area contributed by atoms with E-state index in [0.29, 0.717) is 33.3 Å². The van der Waals surface area contributed by atoms with Gasteiger partial charge in [-0.25, -0.2) is 4.98 Å². The largest absolute Gasteiger partial charge is 0.493 e. The molecule has 0 unspecified atom stereocenters. The third kappa shape index (κ3) is 5.99. The Balaban J connectivity index is 1.77. The number of carbonyl (C=O) groups is 1. The van der Waals surface area contributed by atoms with Crippen LogP contribution in [-0.4, -0.2) is 30.4 Å². The molecular weight excluding hydrogens is 494 g/mol. The van der Waals surface area contributed by atoms with Crippen LogP contribution in [0.25, 0.3) is 22.4 Å². The summed E-state index contributed by atoms with van der Waals surface area (Å²) in [6, 6.07) is 25.5. The minimum absolute atomic E-state index is 0.169. The van der Waals surface area contributed by atoms with Crippen LogP contribution in [0.4, 0.5) is 5.69 Å². The Morgan fingerprint density at radius 2 is 1.50 bits per heavy atom. The van der Waals surface area contributed by atoms with Crippen LogP contribution in [-0.2, 0) is 4.79 Å². The van der Waals surface area contributed by atoms with Gasteiger partial charge in [-0.2, -0.15) is 5.26 Å². The molecule has 1 amide bonds. The van der Waals surface area contributed by atoms with Gasteiger partial charge in [0.1, 0.15) is 11.1 Å². The molecule has 192 valence electrons. The van der Waals surface area contributed by atoms with E-state index < -0.39 is 5.25 Å². The minimum Gasteiger partial charge on any atom is -0.493 e. The highest BCUT2D eigenvalue weighted by Crippen LogP contribution is 2.39. The Kier molecular flexibility index (Phi) is 8.35. The quantitative estimate of drug-likeness (QED) is 0.249. The summed E-state index contributed by atoms with van der Waals surface area (Å²) in [6.45, 7) is 5.84. The third-order valence-electron chi connectivity index (χ3n) is 6.12. The van der Waals surface area contributed by atoms with Crippen LogP contribution < -0.4 is 14.8 Å². The summed E-state index contributed by atoms with van der Waals surface area (Å²) in [6.07, 6.45) is 0. The molecule has 1 heterocycles.